The molecule has 0 N–H and O–H groups in total. The summed E-state index contributed by atoms with van der Waals surface area (Å²) in [5.41, 5.74) is 5.69. The van der Waals surface area contributed by atoms with Gasteiger partial charge in [0.1, 0.15) is 0 Å². The Morgan fingerprint density at radius 1 is 1.05 bits per heavy atom. The minimum atomic E-state index is -3.42. The Labute approximate surface area is 135 Å². The molecule has 120 valence electrons. The molecule has 0 aromatic heterocycles. The van der Waals surface area contributed by atoms with Crippen LogP contribution in [-0.2, 0) is 10.0 Å². The van der Waals surface area contributed by atoms with E-state index in [1.165, 1.54) is 5.57 Å². The molecule has 1 fully saturated rings. The molecule has 1 aromatic carbocycles. The average molecular weight is 336 g/mol. The molecule has 0 bridgehead atoms. The smallest absolute Gasteiger partial charge is 0.207 e. The van der Waals surface area contributed by atoms with Crippen molar-refractivity contribution in [1.29, 1.82) is 0 Å². The van der Waals surface area contributed by atoms with Gasteiger partial charge in [-0.15, -0.1) is 0 Å². The van der Waals surface area contributed by atoms with E-state index in [2.05, 4.69) is 25.3 Å². The van der Waals surface area contributed by atoms with Gasteiger partial charge in [-0.1, -0.05) is 49.1 Å². The Bertz CT molecular complexity index is 710. The van der Waals surface area contributed by atoms with Gasteiger partial charge >= 0.3 is 0 Å². The highest BCUT2D eigenvalue weighted by Crippen LogP contribution is 2.29. The second-order valence-electron chi connectivity index (χ2n) is 6.94. The number of hydrogen-bond acceptors (Lipinski definition) is 2. The predicted molar refractivity (Wildman–Crippen MR) is 95.1 cm³/mol. The van der Waals surface area contributed by atoms with Gasteiger partial charge in [-0.3, -0.25) is 0 Å². The molecule has 1 aromatic rings. The molecule has 0 spiro atoms. The molecule has 1 aliphatic rings. The summed E-state index contributed by atoms with van der Waals surface area (Å²) in [6.07, 6.45) is 2.04. The summed E-state index contributed by atoms with van der Waals surface area (Å²) in [4.78, 5) is 0.378. The maximum Gasteiger partial charge on any atom is 0.243 e. The van der Waals surface area contributed by atoms with Crippen LogP contribution in [0.1, 0.15) is 12.5 Å². The van der Waals surface area contributed by atoms with E-state index in [0.717, 1.165) is 11.1 Å². The molecular weight excluding hydrogens is 310 g/mol. The fraction of sp³-hybridized carbons (Fsp3) is 0.412. The fourth-order valence-corrected chi connectivity index (χ4v) is 5.32. The Kier molecular flexibility index (Phi) is 4.80. The minimum Gasteiger partial charge on any atom is -0.207 e. The van der Waals surface area contributed by atoms with E-state index in [-0.39, 0.29) is 0 Å². The number of rotatable bonds is 3. The van der Waals surface area contributed by atoms with Crippen LogP contribution in [0.4, 0.5) is 0 Å². The van der Waals surface area contributed by atoms with Gasteiger partial charge in [-0.25, -0.2) is 8.42 Å². The first-order chi connectivity index (χ1) is 10.1. The van der Waals surface area contributed by atoms with Gasteiger partial charge in [0.05, 0.1) is 13.0 Å². The molecule has 1 aliphatic heterocycles. The molecule has 1 heterocycles. The number of benzene rings is 1. The fourth-order valence-electron chi connectivity index (χ4n) is 2.61. The first-order valence-electron chi connectivity index (χ1n) is 7.57. The van der Waals surface area contributed by atoms with Crippen molar-refractivity contribution in [2.75, 3.05) is 13.1 Å². The van der Waals surface area contributed by atoms with E-state index in [0.29, 0.717) is 18.0 Å². The lowest BCUT2D eigenvalue weighted by atomic mass is 10.1. The molecule has 0 amide bonds. The van der Waals surface area contributed by atoms with E-state index in [1.54, 1.807) is 16.4 Å². The van der Waals surface area contributed by atoms with Crippen molar-refractivity contribution < 1.29 is 8.42 Å². The molecule has 0 unspecified atom stereocenters. The van der Waals surface area contributed by atoms with Crippen LogP contribution in [0.3, 0.4) is 0 Å². The van der Waals surface area contributed by atoms with Crippen molar-refractivity contribution in [1.82, 2.24) is 4.31 Å². The zero-order valence-corrected chi connectivity index (χ0v) is 15.9. The highest BCUT2D eigenvalue weighted by molar-refractivity contribution is 7.89. The molecule has 0 saturated carbocycles. The first-order valence-corrected chi connectivity index (χ1v) is 12.6. The predicted octanol–water partition coefficient (Wildman–Crippen LogP) is 3.75. The molecule has 22 heavy (non-hydrogen) atoms. The van der Waals surface area contributed by atoms with Gasteiger partial charge in [-0.2, -0.15) is 4.31 Å². The van der Waals surface area contributed by atoms with Crippen LogP contribution in [0, 0.1) is 6.92 Å². The van der Waals surface area contributed by atoms with Crippen molar-refractivity contribution in [2.45, 2.75) is 38.4 Å². The second kappa shape index (κ2) is 6.14. The number of aryl methyl sites for hydroxylation is 1. The van der Waals surface area contributed by atoms with Crippen molar-refractivity contribution in [2.24, 2.45) is 0 Å². The summed E-state index contributed by atoms with van der Waals surface area (Å²) >= 11 is 0. The van der Waals surface area contributed by atoms with Crippen molar-refractivity contribution in [3.05, 3.63) is 52.8 Å². The van der Waals surface area contributed by atoms with Crippen molar-refractivity contribution in [3.63, 3.8) is 0 Å². The summed E-state index contributed by atoms with van der Waals surface area (Å²) in [7, 11) is -4.80. The van der Waals surface area contributed by atoms with Crippen molar-refractivity contribution in [3.8, 4) is 0 Å². The molecule has 0 atom stereocenters. The molecule has 2 rings (SSSR count). The molecule has 0 radical (unpaired) electrons. The normalized spacial score (nSPS) is 21.0. The maximum atomic E-state index is 12.8. The lowest BCUT2D eigenvalue weighted by Gasteiger charge is -2.15. The third-order valence-electron chi connectivity index (χ3n) is 3.72. The Hall–Kier alpha value is -1.17. The van der Waals surface area contributed by atoms with Crippen LogP contribution in [0.2, 0.25) is 19.6 Å². The summed E-state index contributed by atoms with van der Waals surface area (Å²) in [5, 5.41) is 0. The summed E-state index contributed by atoms with van der Waals surface area (Å²) in [5.74, 6) is 0. The van der Waals surface area contributed by atoms with Gasteiger partial charge in [0.2, 0.25) is 10.0 Å². The van der Waals surface area contributed by atoms with Gasteiger partial charge in [-0.05, 0) is 37.1 Å². The summed E-state index contributed by atoms with van der Waals surface area (Å²) < 4.78 is 27.2. The van der Waals surface area contributed by atoms with Gasteiger partial charge in [0.15, 0.2) is 0 Å². The molecular formula is C17H25NO2SSi. The number of allylic oxidation sites excluding steroid dienone is 1. The first kappa shape index (κ1) is 17.2. The second-order valence-corrected chi connectivity index (χ2v) is 13.9. The Balaban J connectivity index is 2.35. The van der Waals surface area contributed by atoms with Gasteiger partial charge in [0.25, 0.3) is 0 Å². The zero-order chi connectivity index (χ0) is 16.5. The topological polar surface area (TPSA) is 37.4 Å². The van der Waals surface area contributed by atoms with E-state index in [4.69, 9.17) is 0 Å². The van der Waals surface area contributed by atoms with E-state index < -0.39 is 18.1 Å². The van der Waals surface area contributed by atoms with Crippen LogP contribution >= 0.6 is 0 Å². The monoisotopic (exact) mass is 335 g/mol. The quantitative estimate of drug-likeness (QED) is 0.789. The van der Waals surface area contributed by atoms with Crippen LogP contribution in [-0.4, -0.2) is 33.9 Å². The third-order valence-corrected chi connectivity index (χ3v) is 6.74. The minimum absolute atomic E-state index is 0.378. The van der Waals surface area contributed by atoms with Crippen LogP contribution in [0.15, 0.2) is 52.1 Å². The molecule has 3 nitrogen and oxygen atoms in total. The van der Waals surface area contributed by atoms with E-state index in [9.17, 15) is 8.42 Å². The Morgan fingerprint density at radius 3 is 2.09 bits per heavy atom. The Morgan fingerprint density at radius 2 is 1.59 bits per heavy atom. The SMILES string of the molecule is C/C=C1\CN(S(=O)(=O)c2ccc(C)cc2)C\C1=C/[Si](C)(C)C. The van der Waals surface area contributed by atoms with E-state index >= 15 is 0 Å². The standard InChI is InChI=1S/C17H25NO2SSi/c1-6-15-11-18(12-16(15)13-22(3,4)5)21(19,20)17-9-7-14(2)8-10-17/h6-10,13H,11-12H2,1-5H3/b15-6+,16-13+. The highest BCUT2D eigenvalue weighted by atomic mass is 32.2. The summed E-state index contributed by atoms with van der Waals surface area (Å²) in [6, 6.07) is 7.08. The van der Waals surface area contributed by atoms with Crippen LogP contribution in [0.5, 0.6) is 0 Å². The van der Waals surface area contributed by atoms with Crippen LogP contribution < -0.4 is 0 Å². The maximum absolute atomic E-state index is 12.8. The van der Waals surface area contributed by atoms with Crippen molar-refractivity contribution >= 4 is 18.1 Å². The highest BCUT2D eigenvalue weighted by Gasteiger charge is 2.32. The largest absolute Gasteiger partial charge is 0.243 e. The zero-order valence-electron chi connectivity index (χ0n) is 14.1. The lowest BCUT2D eigenvalue weighted by molar-refractivity contribution is 0.489. The van der Waals surface area contributed by atoms with E-state index in [1.807, 2.05) is 32.1 Å². The van der Waals surface area contributed by atoms with Gasteiger partial charge in [0, 0.05) is 13.1 Å². The number of nitrogens with zero attached hydrogens (tertiary/aromatic N) is 1. The number of sulfonamides is 1. The van der Waals surface area contributed by atoms with Gasteiger partial charge < -0.3 is 0 Å². The molecule has 5 heteroatoms. The third kappa shape index (κ3) is 3.77. The average Bonchev–Trinajstić information content (AvgIpc) is 2.80. The number of hydrogen-bond donors (Lipinski definition) is 0. The molecule has 0 aliphatic carbocycles. The molecule has 1 saturated heterocycles. The van der Waals surface area contributed by atoms with Crippen LogP contribution in [0.25, 0.3) is 0 Å². The lowest BCUT2D eigenvalue weighted by Crippen LogP contribution is -2.28. The summed E-state index contributed by atoms with van der Waals surface area (Å²) in [6.45, 7) is 11.7.